The molecule has 0 atom stereocenters. The highest BCUT2D eigenvalue weighted by molar-refractivity contribution is 5.25. The number of unbranched alkanes of at least 4 members (excludes halogenated alkanes) is 1. The molecule has 6 heteroatoms. The molecule has 6 N–H and O–H groups in total. The van der Waals surface area contributed by atoms with Crippen molar-refractivity contribution in [3.8, 4) is 0 Å². The van der Waals surface area contributed by atoms with Crippen molar-refractivity contribution in [3.63, 3.8) is 0 Å². The Kier molecular flexibility index (Phi) is 5.22. The zero-order valence-corrected chi connectivity index (χ0v) is 10.1. The predicted molar refractivity (Wildman–Crippen MR) is 68.2 cm³/mol. The number of nitrogen functional groups attached to an aromatic ring is 1. The van der Waals surface area contributed by atoms with Gasteiger partial charge in [0.05, 0.1) is 5.69 Å². The van der Waals surface area contributed by atoms with Crippen LogP contribution in [0.15, 0.2) is 24.0 Å². The van der Waals surface area contributed by atoms with E-state index in [9.17, 15) is 0 Å². The normalized spacial score (nSPS) is 11.5. The standard InChI is InChI=1S/C11H20N6/c1-9(12)8-17(14)7-3-2-4-10-5-6-11(13)16-15-10/h5-6,8H,2-4,7,12,14H2,1H3,(H2,13,16)/b9-8-. The number of hydrogen-bond acceptors (Lipinski definition) is 6. The molecule has 0 bridgehead atoms. The second-order valence-corrected chi connectivity index (χ2v) is 4.02. The summed E-state index contributed by atoms with van der Waals surface area (Å²) in [6, 6.07) is 3.66. The molecule has 0 fully saturated rings. The molecular formula is C11H20N6. The minimum absolute atomic E-state index is 0.449. The van der Waals surface area contributed by atoms with Gasteiger partial charge in [0, 0.05) is 18.4 Å². The molecule has 0 amide bonds. The molecule has 0 unspecified atom stereocenters. The van der Waals surface area contributed by atoms with Crippen LogP contribution in [0.4, 0.5) is 5.82 Å². The molecule has 1 aromatic rings. The molecule has 0 saturated heterocycles. The monoisotopic (exact) mass is 236 g/mol. The van der Waals surface area contributed by atoms with E-state index in [1.165, 1.54) is 0 Å². The lowest BCUT2D eigenvalue weighted by atomic mass is 10.2. The van der Waals surface area contributed by atoms with Crippen molar-refractivity contribution in [2.24, 2.45) is 11.6 Å². The Morgan fingerprint density at radius 3 is 2.71 bits per heavy atom. The summed E-state index contributed by atoms with van der Waals surface area (Å²) in [6.45, 7) is 2.58. The molecule has 0 aromatic carbocycles. The van der Waals surface area contributed by atoms with Gasteiger partial charge in [0.25, 0.3) is 0 Å². The van der Waals surface area contributed by atoms with Crippen LogP contribution in [-0.4, -0.2) is 21.8 Å². The van der Waals surface area contributed by atoms with E-state index < -0.39 is 0 Å². The second-order valence-electron chi connectivity index (χ2n) is 4.02. The largest absolute Gasteiger partial charge is 0.401 e. The van der Waals surface area contributed by atoms with Crippen LogP contribution in [0.2, 0.25) is 0 Å². The van der Waals surface area contributed by atoms with Crippen molar-refractivity contribution >= 4 is 5.82 Å². The molecule has 0 aliphatic carbocycles. The van der Waals surface area contributed by atoms with E-state index in [0.29, 0.717) is 11.5 Å². The number of anilines is 1. The summed E-state index contributed by atoms with van der Waals surface area (Å²) in [5.74, 6) is 6.16. The van der Waals surface area contributed by atoms with Gasteiger partial charge in [0.1, 0.15) is 5.82 Å². The number of allylic oxidation sites excluding steroid dienone is 1. The van der Waals surface area contributed by atoms with Gasteiger partial charge < -0.3 is 16.5 Å². The number of aromatic nitrogens is 2. The fourth-order valence-corrected chi connectivity index (χ4v) is 1.43. The third-order valence-corrected chi connectivity index (χ3v) is 2.21. The molecule has 1 rings (SSSR count). The molecule has 94 valence electrons. The summed E-state index contributed by atoms with van der Waals surface area (Å²) in [6.07, 6.45) is 4.59. The lowest BCUT2D eigenvalue weighted by Crippen LogP contribution is -2.27. The summed E-state index contributed by atoms with van der Waals surface area (Å²) < 4.78 is 0. The van der Waals surface area contributed by atoms with Gasteiger partial charge in [-0.2, -0.15) is 5.10 Å². The van der Waals surface area contributed by atoms with Gasteiger partial charge in [-0.25, -0.2) is 5.84 Å². The van der Waals surface area contributed by atoms with Crippen molar-refractivity contribution in [1.29, 1.82) is 0 Å². The third kappa shape index (κ3) is 5.72. The smallest absolute Gasteiger partial charge is 0.146 e. The molecule has 6 nitrogen and oxygen atoms in total. The number of nitrogens with two attached hydrogens (primary N) is 3. The summed E-state index contributed by atoms with van der Waals surface area (Å²) in [7, 11) is 0. The maximum atomic E-state index is 5.71. The van der Waals surface area contributed by atoms with E-state index in [1.807, 2.05) is 13.0 Å². The summed E-state index contributed by atoms with van der Waals surface area (Å²) >= 11 is 0. The number of rotatable bonds is 6. The van der Waals surface area contributed by atoms with Gasteiger partial charge in [-0.1, -0.05) is 0 Å². The number of hydrazine groups is 1. The van der Waals surface area contributed by atoms with Crippen LogP contribution < -0.4 is 17.3 Å². The predicted octanol–water partition coefficient (Wildman–Crippen LogP) is 0.377. The first kappa shape index (κ1) is 13.2. The Morgan fingerprint density at radius 1 is 1.35 bits per heavy atom. The highest BCUT2D eigenvalue weighted by Crippen LogP contribution is 2.03. The Morgan fingerprint density at radius 2 is 2.12 bits per heavy atom. The van der Waals surface area contributed by atoms with E-state index in [4.69, 9.17) is 17.3 Å². The van der Waals surface area contributed by atoms with Crippen molar-refractivity contribution in [1.82, 2.24) is 15.2 Å². The average molecular weight is 236 g/mol. The highest BCUT2D eigenvalue weighted by Gasteiger charge is 1.98. The molecule has 1 heterocycles. The van der Waals surface area contributed by atoms with Crippen molar-refractivity contribution in [2.45, 2.75) is 26.2 Å². The van der Waals surface area contributed by atoms with Crippen LogP contribution in [0.25, 0.3) is 0 Å². The number of hydrogen-bond donors (Lipinski definition) is 3. The van der Waals surface area contributed by atoms with Gasteiger partial charge in [0.2, 0.25) is 0 Å². The summed E-state index contributed by atoms with van der Waals surface area (Å²) in [5, 5.41) is 9.39. The van der Waals surface area contributed by atoms with Gasteiger partial charge in [-0.15, -0.1) is 5.10 Å². The number of aryl methyl sites for hydroxylation is 1. The third-order valence-electron chi connectivity index (χ3n) is 2.21. The Bertz CT molecular complexity index is 355. The van der Waals surface area contributed by atoms with Crippen molar-refractivity contribution < 1.29 is 0 Å². The molecule has 17 heavy (non-hydrogen) atoms. The average Bonchev–Trinajstić information content (AvgIpc) is 2.26. The molecule has 0 saturated carbocycles. The van der Waals surface area contributed by atoms with E-state index in [0.717, 1.165) is 31.5 Å². The highest BCUT2D eigenvalue weighted by atomic mass is 15.4. The Balaban J connectivity index is 2.20. The van der Waals surface area contributed by atoms with E-state index in [1.54, 1.807) is 17.3 Å². The SMILES string of the molecule is C/C(N)=C/N(N)CCCCc1ccc(N)nn1. The van der Waals surface area contributed by atoms with Gasteiger partial charge in [-0.3, -0.25) is 0 Å². The minimum atomic E-state index is 0.449. The molecule has 0 aliphatic heterocycles. The van der Waals surface area contributed by atoms with Crippen LogP contribution in [0, 0.1) is 0 Å². The van der Waals surface area contributed by atoms with Crippen molar-refractivity contribution in [2.75, 3.05) is 12.3 Å². The molecule has 1 aromatic heterocycles. The van der Waals surface area contributed by atoms with E-state index in [2.05, 4.69) is 10.2 Å². The Labute approximate surface area is 101 Å². The maximum absolute atomic E-state index is 5.71. The molecular weight excluding hydrogens is 216 g/mol. The molecule has 0 radical (unpaired) electrons. The van der Waals surface area contributed by atoms with Crippen LogP contribution in [0.1, 0.15) is 25.5 Å². The first-order valence-electron chi connectivity index (χ1n) is 5.61. The van der Waals surface area contributed by atoms with Crippen LogP contribution in [0.5, 0.6) is 0 Å². The topological polar surface area (TPSA) is 107 Å². The number of nitrogens with zero attached hydrogens (tertiary/aromatic N) is 3. The second kappa shape index (κ2) is 6.70. The van der Waals surface area contributed by atoms with Crippen molar-refractivity contribution in [3.05, 3.63) is 29.7 Å². The lowest BCUT2D eigenvalue weighted by molar-refractivity contribution is 0.377. The zero-order valence-electron chi connectivity index (χ0n) is 10.1. The fourth-order valence-electron chi connectivity index (χ4n) is 1.43. The summed E-state index contributed by atoms with van der Waals surface area (Å²) in [4.78, 5) is 0. The minimum Gasteiger partial charge on any atom is -0.401 e. The van der Waals surface area contributed by atoms with Gasteiger partial charge >= 0.3 is 0 Å². The maximum Gasteiger partial charge on any atom is 0.146 e. The summed E-state index contributed by atoms with van der Waals surface area (Å²) in [5.41, 5.74) is 12.6. The molecule has 0 aliphatic rings. The fraction of sp³-hybridized carbons (Fsp3) is 0.455. The van der Waals surface area contributed by atoms with Crippen LogP contribution in [-0.2, 0) is 6.42 Å². The van der Waals surface area contributed by atoms with E-state index in [-0.39, 0.29) is 0 Å². The lowest BCUT2D eigenvalue weighted by Gasteiger charge is -2.13. The first-order valence-corrected chi connectivity index (χ1v) is 5.61. The zero-order chi connectivity index (χ0) is 12.7. The Hall–Kier alpha value is -1.82. The first-order chi connectivity index (χ1) is 8.08. The van der Waals surface area contributed by atoms with Crippen LogP contribution >= 0.6 is 0 Å². The quantitative estimate of drug-likeness (QED) is 0.374. The van der Waals surface area contributed by atoms with E-state index >= 15 is 0 Å². The van der Waals surface area contributed by atoms with Gasteiger partial charge in [-0.05, 0) is 38.3 Å². The van der Waals surface area contributed by atoms with Crippen LogP contribution in [0.3, 0.4) is 0 Å². The van der Waals surface area contributed by atoms with Gasteiger partial charge in [0.15, 0.2) is 0 Å². The molecule has 0 spiro atoms.